The van der Waals surface area contributed by atoms with Gasteiger partial charge in [-0.1, -0.05) is 12.1 Å². The van der Waals surface area contributed by atoms with Crippen LogP contribution in [0.5, 0.6) is 0 Å². The van der Waals surface area contributed by atoms with Gasteiger partial charge in [0.25, 0.3) is 5.97 Å². The quantitative estimate of drug-likeness (QED) is 0.441. The molecule has 0 amide bonds. The largest absolute Gasteiger partial charge is 0.481 e. The Morgan fingerprint density at radius 2 is 1.72 bits per heavy atom. The fourth-order valence-corrected chi connectivity index (χ4v) is 1.38. The smallest absolute Gasteiger partial charge is 0.446 e. The van der Waals surface area contributed by atoms with Gasteiger partial charge in [0.05, 0.1) is 0 Å². The molecule has 0 aromatic heterocycles. The van der Waals surface area contributed by atoms with Crippen molar-refractivity contribution in [2.75, 3.05) is 0 Å². The summed E-state index contributed by atoms with van der Waals surface area (Å²) in [5.41, 5.74) is 1.28. The molecule has 0 atom stereocenters. The highest BCUT2D eigenvalue weighted by atomic mass is 32.2. The number of hydrogen-bond donors (Lipinski definition) is 3. The maximum absolute atomic E-state index is 11.9. The number of carboxylic acid groups (broad SMARTS) is 1. The van der Waals surface area contributed by atoms with Crippen LogP contribution in [0, 0.1) is 5.41 Å². The van der Waals surface area contributed by atoms with Crippen molar-refractivity contribution < 1.29 is 23.1 Å². The predicted octanol–water partition coefficient (Wildman–Crippen LogP) is 2.67. The molecule has 8 heteroatoms. The Hall–Kier alpha value is -1.70. The van der Waals surface area contributed by atoms with Gasteiger partial charge >= 0.3 is 5.51 Å². The van der Waals surface area contributed by atoms with Crippen molar-refractivity contribution in [2.24, 2.45) is 5.73 Å². The van der Waals surface area contributed by atoms with E-state index >= 15 is 0 Å². The van der Waals surface area contributed by atoms with Gasteiger partial charge in [-0.3, -0.25) is 10.2 Å². The zero-order chi connectivity index (χ0) is 14.3. The third kappa shape index (κ3) is 8.45. The van der Waals surface area contributed by atoms with E-state index in [0.29, 0.717) is 5.56 Å². The number of benzene rings is 1. The Morgan fingerprint density at radius 3 is 2.00 bits per heavy atom. The lowest BCUT2D eigenvalue weighted by Gasteiger charge is -2.05. The number of carbonyl (C=O) groups is 1. The Morgan fingerprint density at radius 1 is 1.33 bits per heavy atom. The minimum atomic E-state index is -4.28. The maximum atomic E-state index is 11.9. The molecule has 0 unspecified atom stereocenters. The van der Waals surface area contributed by atoms with Crippen LogP contribution < -0.4 is 5.73 Å². The number of amidine groups is 1. The molecule has 1 aromatic carbocycles. The van der Waals surface area contributed by atoms with Gasteiger partial charge in [0, 0.05) is 17.4 Å². The molecule has 4 nitrogen and oxygen atoms in total. The molecule has 0 saturated carbocycles. The fourth-order valence-electron chi connectivity index (χ4n) is 0.836. The first-order chi connectivity index (χ1) is 8.11. The van der Waals surface area contributed by atoms with E-state index < -0.39 is 11.5 Å². The Kier molecular flexibility index (Phi) is 6.24. The molecule has 0 aliphatic heterocycles. The number of thioether (sulfide) groups is 1. The summed E-state index contributed by atoms with van der Waals surface area (Å²) in [6.07, 6.45) is 0. The number of aliphatic carboxylic acids is 1. The molecular weight excluding hydrogens is 269 g/mol. The van der Waals surface area contributed by atoms with Gasteiger partial charge in [-0.15, -0.1) is 0 Å². The number of nitrogen functional groups attached to an aromatic ring is 1. The summed E-state index contributed by atoms with van der Waals surface area (Å²) in [5, 5.41) is 14.5. The minimum Gasteiger partial charge on any atom is -0.481 e. The molecule has 4 N–H and O–H groups in total. The van der Waals surface area contributed by atoms with E-state index in [2.05, 4.69) is 0 Å². The van der Waals surface area contributed by atoms with Crippen molar-refractivity contribution >= 4 is 23.6 Å². The predicted molar refractivity (Wildman–Crippen MR) is 62.7 cm³/mol. The highest BCUT2D eigenvalue weighted by Gasteiger charge is 2.28. The topological polar surface area (TPSA) is 87.2 Å². The van der Waals surface area contributed by atoms with E-state index in [0.717, 1.165) is 6.92 Å². The molecule has 0 aliphatic carbocycles. The summed E-state index contributed by atoms with van der Waals surface area (Å²) < 4.78 is 35.7. The van der Waals surface area contributed by atoms with Crippen LogP contribution in [0.2, 0.25) is 0 Å². The first-order valence-corrected chi connectivity index (χ1v) is 5.33. The van der Waals surface area contributed by atoms with Crippen LogP contribution in [0.3, 0.4) is 0 Å². The van der Waals surface area contributed by atoms with Gasteiger partial charge in [-0.05, 0) is 23.9 Å². The van der Waals surface area contributed by atoms with Crippen molar-refractivity contribution in [3.63, 3.8) is 0 Å². The third-order valence-electron chi connectivity index (χ3n) is 1.40. The molecule has 0 fully saturated rings. The van der Waals surface area contributed by atoms with E-state index in [1.54, 1.807) is 0 Å². The van der Waals surface area contributed by atoms with E-state index in [1.807, 2.05) is 0 Å². The zero-order valence-corrected chi connectivity index (χ0v) is 10.1. The van der Waals surface area contributed by atoms with E-state index in [9.17, 15) is 13.2 Å². The Bertz CT molecular complexity index is 414. The summed E-state index contributed by atoms with van der Waals surface area (Å²) in [4.78, 5) is 9.09. The average molecular weight is 280 g/mol. The van der Waals surface area contributed by atoms with Crippen molar-refractivity contribution in [3.8, 4) is 0 Å². The summed E-state index contributed by atoms with van der Waals surface area (Å²) in [6.45, 7) is 1.08. The number of rotatable bonds is 2. The summed E-state index contributed by atoms with van der Waals surface area (Å²) in [6, 6.07) is 5.34. The molecule has 0 saturated heterocycles. The lowest BCUT2D eigenvalue weighted by Crippen LogP contribution is -2.10. The van der Waals surface area contributed by atoms with Gasteiger partial charge in [0.1, 0.15) is 5.84 Å². The number of nitrogens with one attached hydrogen (secondary N) is 1. The number of hydrogen-bond acceptors (Lipinski definition) is 3. The second-order valence-corrected chi connectivity index (χ2v) is 4.14. The number of nitrogens with two attached hydrogens (primary N) is 1. The second kappa shape index (κ2) is 6.90. The van der Waals surface area contributed by atoms with Gasteiger partial charge in [-0.25, -0.2) is 0 Å². The van der Waals surface area contributed by atoms with Gasteiger partial charge in [0.2, 0.25) is 0 Å². The van der Waals surface area contributed by atoms with Crippen molar-refractivity contribution in [1.82, 2.24) is 0 Å². The second-order valence-electron chi connectivity index (χ2n) is 3.00. The van der Waals surface area contributed by atoms with Crippen LogP contribution in [0.15, 0.2) is 29.2 Å². The minimum absolute atomic E-state index is 0.0856. The highest BCUT2D eigenvalue weighted by molar-refractivity contribution is 8.00. The standard InChI is InChI=1S/C8H7F3N2S.C2H4O2/c9-8(10,11)14-6-3-1-5(2-4-6)7(12)13;1-2(3)4/h1-4H,(H3,12,13);1H3,(H,3,4). The fraction of sp³-hybridized carbons (Fsp3) is 0.200. The average Bonchev–Trinajstić information content (AvgIpc) is 2.14. The van der Waals surface area contributed by atoms with Crippen LogP contribution in [-0.2, 0) is 4.79 Å². The molecule has 1 rings (SSSR count). The van der Waals surface area contributed by atoms with E-state index in [-0.39, 0.29) is 22.5 Å². The van der Waals surface area contributed by atoms with Gasteiger partial charge in [-0.2, -0.15) is 13.2 Å². The molecule has 0 aliphatic rings. The summed E-state index contributed by atoms with van der Waals surface area (Å²) >= 11 is -0.190. The van der Waals surface area contributed by atoms with Crippen molar-refractivity contribution in [1.29, 1.82) is 5.41 Å². The number of carboxylic acids is 1. The van der Waals surface area contributed by atoms with Crippen LogP contribution >= 0.6 is 11.8 Å². The van der Waals surface area contributed by atoms with Crippen molar-refractivity contribution in [3.05, 3.63) is 29.8 Å². The summed E-state index contributed by atoms with van der Waals surface area (Å²) in [7, 11) is 0. The molecule has 0 bridgehead atoms. The first kappa shape index (κ1) is 16.3. The van der Waals surface area contributed by atoms with Crippen LogP contribution in [-0.4, -0.2) is 22.4 Å². The van der Waals surface area contributed by atoms with Gasteiger partial charge in [0.15, 0.2) is 0 Å². The monoisotopic (exact) mass is 280 g/mol. The van der Waals surface area contributed by atoms with Crippen LogP contribution in [0.4, 0.5) is 13.2 Å². The van der Waals surface area contributed by atoms with E-state index in [1.165, 1.54) is 24.3 Å². The lowest BCUT2D eigenvalue weighted by atomic mass is 10.2. The number of alkyl halides is 3. The lowest BCUT2D eigenvalue weighted by molar-refractivity contribution is -0.134. The highest BCUT2D eigenvalue weighted by Crippen LogP contribution is 2.36. The van der Waals surface area contributed by atoms with Crippen LogP contribution in [0.1, 0.15) is 12.5 Å². The van der Waals surface area contributed by atoms with Crippen molar-refractivity contribution in [2.45, 2.75) is 17.3 Å². The molecule has 100 valence electrons. The molecule has 0 spiro atoms. The normalized spacial score (nSPS) is 10.2. The molecule has 1 aromatic rings. The third-order valence-corrected chi connectivity index (χ3v) is 2.14. The number of halogens is 3. The first-order valence-electron chi connectivity index (χ1n) is 4.51. The SMILES string of the molecule is CC(=O)O.N=C(N)c1ccc(SC(F)(F)F)cc1. The summed E-state index contributed by atoms with van der Waals surface area (Å²) in [5.74, 6) is -0.992. The zero-order valence-electron chi connectivity index (χ0n) is 9.28. The maximum Gasteiger partial charge on any atom is 0.446 e. The van der Waals surface area contributed by atoms with Gasteiger partial charge < -0.3 is 10.8 Å². The molecule has 0 heterocycles. The van der Waals surface area contributed by atoms with E-state index in [4.69, 9.17) is 21.0 Å². The molecule has 0 radical (unpaired) electrons. The Balaban J connectivity index is 0.000000631. The molecular formula is C10H11F3N2O2S. The molecule has 18 heavy (non-hydrogen) atoms. The van der Waals surface area contributed by atoms with Crippen LogP contribution in [0.25, 0.3) is 0 Å². The Labute approximate surface area is 105 Å².